The average Bonchev–Trinajstić information content (AvgIpc) is 3.51. The van der Waals surface area contributed by atoms with E-state index in [0.29, 0.717) is 11.3 Å². The first-order chi connectivity index (χ1) is 20.6. The van der Waals surface area contributed by atoms with Crippen molar-refractivity contribution in [1.29, 1.82) is 0 Å². The van der Waals surface area contributed by atoms with Gasteiger partial charge in [-0.2, -0.15) is 13.2 Å². The normalized spacial score (nSPS) is 26.8. The number of ether oxygens (including phenoxy) is 2. The lowest BCUT2D eigenvalue weighted by atomic mass is 9.89. The third kappa shape index (κ3) is 7.57. The van der Waals surface area contributed by atoms with Crippen molar-refractivity contribution >= 4 is 11.8 Å². The summed E-state index contributed by atoms with van der Waals surface area (Å²) in [7, 11) is 0. The van der Waals surface area contributed by atoms with E-state index in [1.165, 1.54) is 19.3 Å². The number of rotatable bonds is 8. The molecule has 0 unspecified atom stereocenters. The summed E-state index contributed by atoms with van der Waals surface area (Å²) in [6.45, 7) is 5.07. The highest BCUT2D eigenvalue weighted by Crippen LogP contribution is 2.42. The van der Waals surface area contributed by atoms with Crippen molar-refractivity contribution in [2.75, 3.05) is 26.2 Å². The minimum absolute atomic E-state index is 0.0257. The lowest BCUT2D eigenvalue weighted by Crippen LogP contribution is -2.50. The summed E-state index contributed by atoms with van der Waals surface area (Å²) < 4.78 is 51.9. The Hall–Kier alpha value is -2.99. The summed E-state index contributed by atoms with van der Waals surface area (Å²) >= 11 is 0. The Kier molecular flexibility index (Phi) is 10.1. The molecule has 3 heterocycles. The van der Waals surface area contributed by atoms with E-state index in [4.69, 9.17) is 9.47 Å². The molecule has 0 bridgehead atoms. The van der Waals surface area contributed by atoms with E-state index in [1.54, 1.807) is 0 Å². The summed E-state index contributed by atoms with van der Waals surface area (Å²) in [5.41, 5.74) is 3.43. The van der Waals surface area contributed by atoms with Gasteiger partial charge in [-0.3, -0.25) is 9.59 Å². The van der Waals surface area contributed by atoms with Crippen LogP contribution < -0.4 is 5.32 Å². The SMILES string of the molecule is C[C@@H]1[C@H](CN2CCCCC2)O[C@H](c2ccc(CNC(=O)[C@@H]3CCCN3C(=O)C(F)(F)F)cc2)O[C@@H]1c1ccc(CO)cc1. The number of hydrogen-bond acceptors (Lipinski definition) is 6. The van der Waals surface area contributed by atoms with Gasteiger partial charge in [0.2, 0.25) is 5.91 Å². The lowest BCUT2D eigenvalue weighted by Gasteiger charge is -2.43. The molecular formula is C32H40F3N3O5. The van der Waals surface area contributed by atoms with E-state index >= 15 is 0 Å². The van der Waals surface area contributed by atoms with E-state index in [-0.39, 0.29) is 44.2 Å². The van der Waals surface area contributed by atoms with Crippen LogP contribution in [0.5, 0.6) is 0 Å². The molecule has 2 aromatic rings. The number of benzene rings is 2. The van der Waals surface area contributed by atoms with Gasteiger partial charge in [0, 0.05) is 31.1 Å². The molecule has 0 radical (unpaired) electrons. The molecule has 3 aliphatic heterocycles. The molecule has 43 heavy (non-hydrogen) atoms. The highest BCUT2D eigenvalue weighted by atomic mass is 19.4. The van der Waals surface area contributed by atoms with Crippen LogP contribution in [-0.2, 0) is 32.2 Å². The predicted octanol–water partition coefficient (Wildman–Crippen LogP) is 4.63. The van der Waals surface area contributed by atoms with Crippen molar-refractivity contribution in [3.63, 3.8) is 0 Å². The van der Waals surface area contributed by atoms with Gasteiger partial charge in [-0.25, -0.2) is 0 Å². The number of amides is 2. The second-order valence-corrected chi connectivity index (χ2v) is 11.8. The number of aliphatic hydroxyl groups excluding tert-OH is 1. The van der Waals surface area contributed by atoms with E-state index in [0.717, 1.165) is 41.9 Å². The maximum Gasteiger partial charge on any atom is 0.471 e. The van der Waals surface area contributed by atoms with Crippen molar-refractivity contribution in [2.45, 2.75) is 82.9 Å². The zero-order chi connectivity index (χ0) is 30.6. The first kappa shape index (κ1) is 31.4. The first-order valence-electron chi connectivity index (χ1n) is 15.1. The van der Waals surface area contributed by atoms with Crippen LogP contribution in [0.15, 0.2) is 48.5 Å². The molecule has 2 amide bonds. The van der Waals surface area contributed by atoms with Gasteiger partial charge in [0.1, 0.15) is 6.04 Å². The standard InChI is InChI=1S/C32H40F3N3O5/c1-21-27(19-37-15-3-2-4-16-37)42-30(43-28(21)24-11-9-23(20-39)10-12-24)25-13-7-22(8-14-25)18-36-29(40)26-6-5-17-38(26)31(41)32(33,34)35/h7-14,21,26-28,30,39H,2-6,15-20H2,1H3,(H,36,40)/t21-,26+,27+,28+,30+/m1/s1. The first-order valence-corrected chi connectivity index (χ1v) is 15.1. The Balaban J connectivity index is 1.25. The highest BCUT2D eigenvalue weighted by Gasteiger charge is 2.47. The molecule has 0 spiro atoms. The van der Waals surface area contributed by atoms with Gasteiger partial charge in [-0.05, 0) is 55.5 Å². The van der Waals surface area contributed by atoms with Crippen molar-refractivity contribution in [3.8, 4) is 0 Å². The summed E-state index contributed by atoms with van der Waals surface area (Å²) in [5.74, 6) is -2.48. The number of aliphatic hydroxyl groups is 1. The van der Waals surface area contributed by atoms with Gasteiger partial charge in [0.15, 0.2) is 6.29 Å². The van der Waals surface area contributed by atoms with Crippen LogP contribution in [0, 0.1) is 5.92 Å². The van der Waals surface area contributed by atoms with Crippen molar-refractivity contribution in [1.82, 2.24) is 15.1 Å². The predicted molar refractivity (Wildman–Crippen MR) is 152 cm³/mol. The molecule has 0 aliphatic carbocycles. The van der Waals surface area contributed by atoms with Gasteiger partial charge >= 0.3 is 12.1 Å². The van der Waals surface area contributed by atoms with Crippen LogP contribution in [0.4, 0.5) is 13.2 Å². The minimum Gasteiger partial charge on any atom is -0.392 e. The molecule has 0 aromatic heterocycles. The van der Waals surface area contributed by atoms with Crippen LogP contribution >= 0.6 is 0 Å². The molecule has 8 nitrogen and oxygen atoms in total. The Morgan fingerprint density at radius 1 is 0.907 bits per heavy atom. The molecule has 3 aliphatic rings. The van der Waals surface area contributed by atoms with Gasteiger partial charge in [-0.1, -0.05) is 61.9 Å². The number of halogens is 3. The van der Waals surface area contributed by atoms with E-state index < -0.39 is 30.3 Å². The van der Waals surface area contributed by atoms with Gasteiger partial charge in [0.25, 0.3) is 0 Å². The second kappa shape index (κ2) is 13.8. The van der Waals surface area contributed by atoms with Crippen molar-refractivity contribution in [3.05, 3.63) is 70.8 Å². The average molecular weight is 604 g/mol. The Labute approximate surface area is 250 Å². The Morgan fingerprint density at radius 3 is 2.21 bits per heavy atom. The van der Waals surface area contributed by atoms with Crippen LogP contribution in [0.2, 0.25) is 0 Å². The summed E-state index contributed by atoms with van der Waals surface area (Å²) in [6, 6.07) is 14.1. The van der Waals surface area contributed by atoms with E-state index in [1.807, 2.05) is 48.5 Å². The van der Waals surface area contributed by atoms with Gasteiger partial charge in [0.05, 0.1) is 18.8 Å². The molecule has 3 fully saturated rings. The monoisotopic (exact) mass is 603 g/mol. The number of nitrogens with one attached hydrogen (secondary N) is 1. The molecular weight excluding hydrogens is 563 g/mol. The molecule has 2 aromatic carbocycles. The largest absolute Gasteiger partial charge is 0.471 e. The van der Waals surface area contributed by atoms with Crippen LogP contribution in [0.3, 0.4) is 0 Å². The quantitative estimate of drug-likeness (QED) is 0.458. The lowest BCUT2D eigenvalue weighted by molar-refractivity contribution is -0.276. The van der Waals surface area contributed by atoms with Crippen LogP contribution in [0.1, 0.15) is 73.7 Å². The molecule has 234 valence electrons. The zero-order valence-corrected chi connectivity index (χ0v) is 24.4. The smallest absolute Gasteiger partial charge is 0.392 e. The molecule has 5 atom stereocenters. The highest BCUT2D eigenvalue weighted by molar-refractivity contribution is 5.90. The number of nitrogens with zero attached hydrogens (tertiary/aromatic N) is 2. The maximum absolute atomic E-state index is 12.9. The van der Waals surface area contributed by atoms with Gasteiger partial charge < -0.3 is 29.7 Å². The molecule has 3 saturated heterocycles. The number of carbonyl (C=O) groups excluding carboxylic acids is 2. The number of carbonyl (C=O) groups is 2. The molecule has 0 saturated carbocycles. The van der Waals surface area contributed by atoms with Crippen LogP contribution in [-0.4, -0.2) is 71.2 Å². The fourth-order valence-electron chi connectivity index (χ4n) is 6.27. The minimum atomic E-state index is -5.01. The number of piperidine rings is 1. The van der Waals surface area contributed by atoms with Crippen molar-refractivity contribution in [2.24, 2.45) is 5.92 Å². The maximum atomic E-state index is 12.9. The van der Waals surface area contributed by atoms with Gasteiger partial charge in [-0.15, -0.1) is 0 Å². The topological polar surface area (TPSA) is 91.3 Å². The third-order valence-corrected chi connectivity index (χ3v) is 8.79. The van der Waals surface area contributed by atoms with Crippen LogP contribution in [0.25, 0.3) is 0 Å². The summed E-state index contributed by atoms with van der Waals surface area (Å²) in [4.78, 5) is 27.5. The molecule has 5 rings (SSSR count). The number of alkyl halides is 3. The third-order valence-electron chi connectivity index (χ3n) is 8.79. The molecule has 2 N–H and O–H groups in total. The number of likely N-dealkylation sites (tertiary alicyclic amines) is 2. The zero-order valence-electron chi connectivity index (χ0n) is 24.4. The van der Waals surface area contributed by atoms with E-state index in [2.05, 4.69) is 17.1 Å². The fourth-order valence-corrected chi connectivity index (χ4v) is 6.27. The van der Waals surface area contributed by atoms with E-state index in [9.17, 15) is 27.9 Å². The number of hydrogen-bond donors (Lipinski definition) is 2. The molecule has 11 heteroatoms. The van der Waals surface area contributed by atoms with Crippen molar-refractivity contribution < 1.29 is 37.3 Å². The summed E-state index contributed by atoms with van der Waals surface area (Å²) in [5, 5.41) is 12.2. The Morgan fingerprint density at radius 2 is 1.56 bits per heavy atom. The Bertz CT molecular complexity index is 1230. The second-order valence-electron chi connectivity index (χ2n) is 11.8. The summed E-state index contributed by atoms with van der Waals surface area (Å²) in [6.07, 6.45) is -1.73. The fraction of sp³-hybridized carbons (Fsp3) is 0.562.